The first-order valence-electron chi connectivity index (χ1n) is 9.43. The number of hydrogen-bond acceptors (Lipinski definition) is 5. The van der Waals surface area contributed by atoms with Gasteiger partial charge in [0.05, 0.1) is 12.1 Å². The Bertz CT molecular complexity index is 978. The normalized spacial score (nSPS) is 14.8. The van der Waals surface area contributed by atoms with Crippen molar-refractivity contribution in [1.82, 2.24) is 19.3 Å². The Hall–Kier alpha value is -2.65. The number of amides is 1. The van der Waals surface area contributed by atoms with Gasteiger partial charge in [-0.2, -0.15) is 5.10 Å². The Balaban J connectivity index is 1.66. The minimum Gasteiger partial charge on any atom is -0.447 e. The summed E-state index contributed by atoms with van der Waals surface area (Å²) in [6, 6.07) is 6.99. The van der Waals surface area contributed by atoms with Crippen LogP contribution in [0.1, 0.15) is 0 Å². The minimum absolute atomic E-state index is 0.314. The Kier molecular flexibility index (Phi) is 4.94. The number of cyclic esters (lactones) is 1. The van der Waals surface area contributed by atoms with Gasteiger partial charge in [-0.1, -0.05) is 19.6 Å². The molecule has 28 heavy (non-hydrogen) atoms. The number of carbonyl (C=O) groups excluding carboxylic acids is 1. The molecule has 0 aliphatic carbocycles. The fourth-order valence-corrected chi connectivity index (χ4v) is 3.91. The lowest BCUT2D eigenvalue weighted by atomic mass is 10.2. The third kappa shape index (κ3) is 3.81. The Morgan fingerprint density at radius 3 is 2.82 bits per heavy atom. The molecule has 1 amide bonds. The van der Waals surface area contributed by atoms with Crippen LogP contribution in [0.2, 0.25) is 25.7 Å². The summed E-state index contributed by atoms with van der Waals surface area (Å²) in [5, 5.41) is 5.68. The van der Waals surface area contributed by atoms with Crippen LogP contribution in [0.4, 0.5) is 10.5 Å². The molecule has 2 aromatic heterocycles. The fourth-order valence-electron chi connectivity index (χ4n) is 3.15. The highest BCUT2D eigenvalue weighted by molar-refractivity contribution is 6.76. The topological polar surface area (TPSA) is 74.4 Å². The van der Waals surface area contributed by atoms with Gasteiger partial charge < -0.3 is 9.47 Å². The molecule has 0 spiro atoms. The number of imidazole rings is 1. The number of anilines is 1. The summed E-state index contributed by atoms with van der Waals surface area (Å²) in [5.74, 6) is 0.760. The van der Waals surface area contributed by atoms with Gasteiger partial charge in [0.25, 0.3) is 0 Å². The van der Waals surface area contributed by atoms with Crippen LogP contribution in [0.25, 0.3) is 16.7 Å². The molecular formula is C19H25N5O3Si. The van der Waals surface area contributed by atoms with E-state index in [1.54, 1.807) is 17.4 Å². The van der Waals surface area contributed by atoms with Crippen LogP contribution < -0.4 is 4.90 Å². The van der Waals surface area contributed by atoms with Crippen molar-refractivity contribution >= 4 is 30.8 Å². The van der Waals surface area contributed by atoms with E-state index in [1.807, 2.05) is 33.6 Å². The van der Waals surface area contributed by atoms with E-state index < -0.39 is 8.07 Å². The van der Waals surface area contributed by atoms with Gasteiger partial charge in [-0.3, -0.25) is 9.47 Å². The number of rotatable bonds is 7. The number of aromatic nitrogens is 4. The first-order chi connectivity index (χ1) is 13.4. The second-order valence-electron chi connectivity index (χ2n) is 8.11. The quantitative estimate of drug-likeness (QED) is 0.449. The Morgan fingerprint density at radius 2 is 2.14 bits per heavy atom. The smallest absolute Gasteiger partial charge is 0.414 e. The van der Waals surface area contributed by atoms with E-state index in [0.717, 1.165) is 35.1 Å². The monoisotopic (exact) mass is 399 g/mol. The summed E-state index contributed by atoms with van der Waals surface area (Å²) in [7, 11) is -1.13. The van der Waals surface area contributed by atoms with Crippen LogP contribution in [-0.4, -0.2) is 53.3 Å². The van der Waals surface area contributed by atoms with Gasteiger partial charge in [-0.05, 0) is 24.2 Å². The highest BCUT2D eigenvalue weighted by Crippen LogP contribution is 2.28. The van der Waals surface area contributed by atoms with Crippen molar-refractivity contribution in [2.45, 2.75) is 32.4 Å². The van der Waals surface area contributed by atoms with Crippen LogP contribution in [0.15, 0.2) is 36.9 Å². The summed E-state index contributed by atoms with van der Waals surface area (Å²) in [6.45, 7) is 9.09. The lowest BCUT2D eigenvalue weighted by Crippen LogP contribution is -2.23. The molecule has 1 fully saturated rings. The maximum atomic E-state index is 11.9. The van der Waals surface area contributed by atoms with Crippen molar-refractivity contribution in [1.29, 1.82) is 0 Å². The number of nitrogens with zero attached hydrogens (tertiary/aromatic N) is 5. The molecule has 8 nitrogen and oxygen atoms in total. The molecule has 0 bridgehead atoms. The zero-order chi connectivity index (χ0) is 19.7. The molecule has 0 unspecified atom stereocenters. The number of fused-ring (bicyclic) bond motifs is 1. The fraction of sp³-hybridized carbons (Fsp3) is 0.421. The van der Waals surface area contributed by atoms with Crippen molar-refractivity contribution in [2.24, 2.45) is 0 Å². The average molecular weight is 400 g/mol. The molecule has 1 aliphatic heterocycles. The summed E-state index contributed by atoms with van der Waals surface area (Å²) in [4.78, 5) is 17.7. The van der Waals surface area contributed by atoms with Crippen LogP contribution >= 0.6 is 0 Å². The van der Waals surface area contributed by atoms with Crippen molar-refractivity contribution in [3.8, 4) is 5.82 Å². The summed E-state index contributed by atoms with van der Waals surface area (Å²) in [6.07, 6.45) is 4.98. The maximum Gasteiger partial charge on any atom is 0.414 e. The highest BCUT2D eigenvalue weighted by atomic mass is 28.3. The first kappa shape index (κ1) is 18.7. The third-order valence-corrected chi connectivity index (χ3v) is 6.45. The van der Waals surface area contributed by atoms with Gasteiger partial charge >= 0.3 is 6.09 Å². The molecule has 0 N–H and O–H groups in total. The number of ether oxygens (including phenoxy) is 2. The Labute approximate surface area is 164 Å². The molecule has 1 aliphatic rings. The summed E-state index contributed by atoms with van der Waals surface area (Å²) < 4.78 is 14.7. The Morgan fingerprint density at radius 1 is 1.29 bits per heavy atom. The zero-order valence-electron chi connectivity index (χ0n) is 16.5. The summed E-state index contributed by atoms with van der Waals surface area (Å²) >= 11 is 0. The third-order valence-electron chi connectivity index (χ3n) is 4.75. The van der Waals surface area contributed by atoms with Gasteiger partial charge in [0.2, 0.25) is 0 Å². The van der Waals surface area contributed by atoms with Gasteiger partial charge in [0, 0.05) is 38.1 Å². The van der Waals surface area contributed by atoms with E-state index in [0.29, 0.717) is 19.9 Å². The molecule has 3 heterocycles. The van der Waals surface area contributed by atoms with Crippen LogP contribution in [0.5, 0.6) is 0 Å². The number of carbonyl (C=O) groups is 1. The zero-order valence-corrected chi connectivity index (χ0v) is 17.5. The van der Waals surface area contributed by atoms with E-state index in [4.69, 9.17) is 14.6 Å². The average Bonchev–Trinajstić information content (AvgIpc) is 3.37. The van der Waals surface area contributed by atoms with E-state index in [-0.39, 0.29) is 6.09 Å². The second kappa shape index (κ2) is 7.40. The molecular weight excluding hydrogens is 374 g/mol. The van der Waals surface area contributed by atoms with Gasteiger partial charge in [0.1, 0.15) is 19.7 Å². The summed E-state index contributed by atoms with van der Waals surface area (Å²) in [5.41, 5.74) is 1.75. The van der Waals surface area contributed by atoms with E-state index in [1.165, 1.54) is 0 Å². The highest BCUT2D eigenvalue weighted by Gasteiger charge is 2.25. The molecule has 0 radical (unpaired) electrons. The van der Waals surface area contributed by atoms with Crippen molar-refractivity contribution in [2.75, 3.05) is 24.7 Å². The lowest BCUT2D eigenvalue weighted by Gasteiger charge is -2.15. The molecule has 0 saturated carbocycles. The predicted molar refractivity (Wildman–Crippen MR) is 110 cm³/mol. The first-order valence-corrected chi connectivity index (χ1v) is 13.1. The molecule has 3 aromatic rings. The van der Waals surface area contributed by atoms with E-state index in [2.05, 4.69) is 24.6 Å². The minimum atomic E-state index is -1.13. The van der Waals surface area contributed by atoms with Gasteiger partial charge in [-0.15, -0.1) is 0 Å². The van der Waals surface area contributed by atoms with Crippen LogP contribution in [0, 0.1) is 0 Å². The van der Waals surface area contributed by atoms with Crippen LogP contribution in [0.3, 0.4) is 0 Å². The lowest BCUT2D eigenvalue weighted by molar-refractivity contribution is 0.0816. The second-order valence-corrected chi connectivity index (χ2v) is 13.7. The maximum absolute atomic E-state index is 11.9. The van der Waals surface area contributed by atoms with Crippen molar-refractivity contribution in [3.05, 3.63) is 36.9 Å². The van der Waals surface area contributed by atoms with Gasteiger partial charge in [-0.25, -0.2) is 14.5 Å². The molecule has 9 heteroatoms. The van der Waals surface area contributed by atoms with Crippen molar-refractivity contribution < 1.29 is 14.3 Å². The van der Waals surface area contributed by atoms with Gasteiger partial charge in [0.15, 0.2) is 5.82 Å². The number of benzene rings is 1. The molecule has 0 atom stereocenters. The largest absolute Gasteiger partial charge is 0.447 e. The SMILES string of the molecule is C[Si](C)(C)CCOCn1nc(-n2ccnc2)c2cc(N3CCOC3=O)ccc21. The number of hydrogen-bond donors (Lipinski definition) is 0. The standard InChI is InChI=1S/C19H25N5O3Si/c1-28(2,3)11-10-26-14-24-17-5-4-15(23-8-9-27-19(23)25)12-16(17)18(21-24)22-7-6-20-13-22/h4-7,12-13H,8-11,14H2,1-3H3. The van der Waals surface area contributed by atoms with E-state index in [9.17, 15) is 4.79 Å². The molecule has 1 saturated heterocycles. The van der Waals surface area contributed by atoms with E-state index >= 15 is 0 Å². The molecule has 4 rings (SSSR count). The van der Waals surface area contributed by atoms with Crippen LogP contribution in [-0.2, 0) is 16.2 Å². The molecule has 1 aromatic carbocycles. The molecule has 148 valence electrons. The van der Waals surface area contributed by atoms with Crippen molar-refractivity contribution in [3.63, 3.8) is 0 Å². The predicted octanol–water partition coefficient (Wildman–Crippen LogP) is 3.49.